The quantitative estimate of drug-likeness (QED) is 0.710. The molecule has 7 nitrogen and oxygen atoms in total. The van der Waals surface area contributed by atoms with Crippen molar-refractivity contribution < 1.29 is 19.1 Å². The number of rotatable bonds is 7. The first-order valence-corrected chi connectivity index (χ1v) is 8.16. The minimum Gasteiger partial charge on any atom is -0.494 e. The summed E-state index contributed by atoms with van der Waals surface area (Å²) in [6.45, 7) is 3.66. The van der Waals surface area contributed by atoms with Gasteiger partial charge in [-0.05, 0) is 49.4 Å². The molecule has 3 amide bonds. The minimum absolute atomic E-state index is 0.170. The van der Waals surface area contributed by atoms with Crippen molar-refractivity contribution in [2.75, 3.05) is 23.8 Å². The summed E-state index contributed by atoms with van der Waals surface area (Å²) < 4.78 is 5.32. The Morgan fingerprint density at radius 1 is 0.962 bits per heavy atom. The first-order chi connectivity index (χ1) is 12.5. The largest absolute Gasteiger partial charge is 0.494 e. The zero-order valence-electron chi connectivity index (χ0n) is 14.7. The van der Waals surface area contributed by atoms with Crippen molar-refractivity contribution in [3.05, 3.63) is 54.1 Å². The number of benzene rings is 2. The van der Waals surface area contributed by atoms with Crippen molar-refractivity contribution in [1.29, 1.82) is 0 Å². The normalized spacial score (nSPS) is 9.92. The smallest absolute Gasteiger partial charge is 0.251 e. The van der Waals surface area contributed by atoms with E-state index in [1.54, 1.807) is 48.5 Å². The van der Waals surface area contributed by atoms with E-state index in [-0.39, 0.29) is 24.3 Å². The Morgan fingerprint density at radius 3 is 2.23 bits per heavy atom. The van der Waals surface area contributed by atoms with Gasteiger partial charge in [-0.25, -0.2) is 0 Å². The Labute approximate surface area is 151 Å². The first kappa shape index (κ1) is 19.0. The molecule has 136 valence electrons. The zero-order valence-corrected chi connectivity index (χ0v) is 14.7. The van der Waals surface area contributed by atoms with Crippen molar-refractivity contribution in [2.45, 2.75) is 13.8 Å². The molecule has 0 radical (unpaired) electrons. The summed E-state index contributed by atoms with van der Waals surface area (Å²) in [5.74, 6) is -0.239. The molecule has 0 saturated carbocycles. The molecule has 2 rings (SSSR count). The van der Waals surface area contributed by atoms with Crippen LogP contribution in [0.2, 0.25) is 0 Å². The highest BCUT2D eigenvalue weighted by Crippen LogP contribution is 2.15. The van der Waals surface area contributed by atoms with E-state index < -0.39 is 0 Å². The van der Waals surface area contributed by atoms with Gasteiger partial charge in [0.1, 0.15) is 5.75 Å². The number of hydrogen-bond donors (Lipinski definition) is 3. The maximum atomic E-state index is 12.1. The molecule has 0 aliphatic carbocycles. The molecule has 0 bridgehead atoms. The lowest BCUT2D eigenvalue weighted by atomic mass is 10.2. The van der Waals surface area contributed by atoms with Crippen LogP contribution < -0.4 is 20.7 Å². The molecule has 0 aliphatic heterocycles. The molecule has 0 spiro atoms. The molecule has 7 heteroatoms. The fourth-order valence-electron chi connectivity index (χ4n) is 2.21. The van der Waals surface area contributed by atoms with Crippen LogP contribution in [0.15, 0.2) is 48.5 Å². The Bertz CT molecular complexity index is 788. The summed E-state index contributed by atoms with van der Waals surface area (Å²) in [5, 5.41) is 7.85. The molecule has 0 aliphatic rings. The molecule has 2 aromatic rings. The number of amides is 3. The van der Waals surface area contributed by atoms with Crippen LogP contribution in [0.25, 0.3) is 0 Å². The van der Waals surface area contributed by atoms with Gasteiger partial charge in [0.2, 0.25) is 11.8 Å². The lowest BCUT2D eigenvalue weighted by Gasteiger charge is -2.09. The van der Waals surface area contributed by atoms with E-state index in [4.69, 9.17) is 4.74 Å². The second kappa shape index (κ2) is 9.22. The van der Waals surface area contributed by atoms with E-state index in [2.05, 4.69) is 16.0 Å². The van der Waals surface area contributed by atoms with E-state index in [1.165, 1.54) is 6.92 Å². The topological polar surface area (TPSA) is 96.5 Å². The predicted molar refractivity (Wildman–Crippen MR) is 99.3 cm³/mol. The van der Waals surface area contributed by atoms with E-state index in [0.717, 1.165) is 0 Å². The summed E-state index contributed by atoms with van der Waals surface area (Å²) in [6, 6.07) is 13.4. The number of anilines is 2. The van der Waals surface area contributed by atoms with Gasteiger partial charge in [0, 0.05) is 23.9 Å². The van der Waals surface area contributed by atoms with Crippen LogP contribution in [0, 0.1) is 0 Å². The molecule has 0 aromatic heterocycles. The van der Waals surface area contributed by atoms with Gasteiger partial charge < -0.3 is 20.7 Å². The van der Waals surface area contributed by atoms with Crippen molar-refractivity contribution in [2.24, 2.45) is 0 Å². The Balaban J connectivity index is 1.86. The van der Waals surface area contributed by atoms with Crippen molar-refractivity contribution in [3.8, 4) is 5.75 Å². The van der Waals surface area contributed by atoms with Crippen LogP contribution in [0.1, 0.15) is 24.2 Å². The first-order valence-electron chi connectivity index (χ1n) is 8.16. The van der Waals surface area contributed by atoms with Gasteiger partial charge in [-0.2, -0.15) is 0 Å². The number of carbonyl (C=O) groups excluding carboxylic acids is 3. The molecular formula is C19H21N3O4. The van der Waals surface area contributed by atoms with Crippen molar-refractivity contribution in [1.82, 2.24) is 5.32 Å². The van der Waals surface area contributed by atoms with Gasteiger partial charge in [-0.3, -0.25) is 14.4 Å². The monoisotopic (exact) mass is 355 g/mol. The fraction of sp³-hybridized carbons (Fsp3) is 0.211. The molecule has 2 aromatic carbocycles. The predicted octanol–water partition coefficient (Wildman–Crippen LogP) is 2.41. The Morgan fingerprint density at radius 2 is 1.62 bits per heavy atom. The van der Waals surface area contributed by atoms with E-state index in [1.807, 2.05) is 6.92 Å². The van der Waals surface area contributed by atoms with Crippen molar-refractivity contribution >= 4 is 29.1 Å². The highest BCUT2D eigenvalue weighted by atomic mass is 16.5. The van der Waals surface area contributed by atoms with Crippen LogP contribution in [-0.2, 0) is 9.59 Å². The van der Waals surface area contributed by atoms with Gasteiger partial charge >= 0.3 is 0 Å². The molecule has 26 heavy (non-hydrogen) atoms. The maximum absolute atomic E-state index is 12.1. The summed E-state index contributed by atoms with van der Waals surface area (Å²) in [7, 11) is 0. The molecular weight excluding hydrogens is 334 g/mol. The number of ether oxygens (including phenoxy) is 1. The van der Waals surface area contributed by atoms with Gasteiger partial charge in [0.15, 0.2) is 0 Å². The SMILES string of the molecule is CCOc1ccc(C(=O)NCC(=O)Nc2cccc(NC(C)=O)c2)cc1. The van der Waals surface area contributed by atoms with Crippen LogP contribution in [0.5, 0.6) is 5.75 Å². The second-order valence-electron chi connectivity index (χ2n) is 5.45. The molecule has 0 atom stereocenters. The molecule has 3 N–H and O–H groups in total. The molecule has 0 saturated heterocycles. The van der Waals surface area contributed by atoms with Crippen LogP contribution in [0.3, 0.4) is 0 Å². The average molecular weight is 355 g/mol. The minimum atomic E-state index is -0.371. The van der Waals surface area contributed by atoms with Gasteiger partial charge in [-0.1, -0.05) is 6.07 Å². The van der Waals surface area contributed by atoms with Crippen LogP contribution in [-0.4, -0.2) is 30.9 Å². The highest BCUT2D eigenvalue weighted by Gasteiger charge is 2.09. The van der Waals surface area contributed by atoms with E-state index >= 15 is 0 Å². The van der Waals surface area contributed by atoms with Gasteiger partial charge in [0.25, 0.3) is 5.91 Å². The van der Waals surface area contributed by atoms with Crippen molar-refractivity contribution in [3.63, 3.8) is 0 Å². The lowest BCUT2D eigenvalue weighted by Crippen LogP contribution is -2.32. The number of carbonyl (C=O) groups is 3. The van der Waals surface area contributed by atoms with Crippen LogP contribution >= 0.6 is 0 Å². The fourth-order valence-corrected chi connectivity index (χ4v) is 2.21. The molecule has 0 unspecified atom stereocenters. The lowest BCUT2D eigenvalue weighted by molar-refractivity contribution is -0.115. The van der Waals surface area contributed by atoms with E-state index in [9.17, 15) is 14.4 Å². The summed E-state index contributed by atoms with van der Waals surface area (Å²) in [6.07, 6.45) is 0. The maximum Gasteiger partial charge on any atom is 0.251 e. The number of hydrogen-bond acceptors (Lipinski definition) is 4. The van der Waals surface area contributed by atoms with E-state index in [0.29, 0.717) is 29.3 Å². The third-order valence-electron chi connectivity index (χ3n) is 3.30. The zero-order chi connectivity index (χ0) is 18.9. The summed E-state index contributed by atoms with van der Waals surface area (Å²) in [5.41, 5.74) is 1.54. The molecule has 0 fully saturated rings. The molecule has 0 heterocycles. The average Bonchev–Trinajstić information content (AvgIpc) is 2.60. The third-order valence-corrected chi connectivity index (χ3v) is 3.30. The Hall–Kier alpha value is -3.35. The highest BCUT2D eigenvalue weighted by molar-refractivity contribution is 5.99. The summed E-state index contributed by atoms with van der Waals surface area (Å²) >= 11 is 0. The van der Waals surface area contributed by atoms with Gasteiger partial charge in [-0.15, -0.1) is 0 Å². The Kier molecular flexibility index (Phi) is 6.73. The van der Waals surface area contributed by atoms with Gasteiger partial charge in [0.05, 0.1) is 13.2 Å². The standard InChI is InChI=1S/C19H21N3O4/c1-3-26-17-9-7-14(8-10-17)19(25)20-12-18(24)22-16-6-4-5-15(11-16)21-13(2)23/h4-11H,3,12H2,1-2H3,(H,20,25)(H,21,23)(H,22,24). The van der Waals surface area contributed by atoms with Crippen LogP contribution in [0.4, 0.5) is 11.4 Å². The second-order valence-corrected chi connectivity index (χ2v) is 5.45. The number of nitrogens with one attached hydrogen (secondary N) is 3. The third kappa shape index (κ3) is 5.94. The summed E-state index contributed by atoms with van der Waals surface area (Å²) in [4.78, 5) is 35.1.